The monoisotopic (exact) mass is 237 g/mol. The van der Waals surface area contributed by atoms with E-state index in [0.29, 0.717) is 12.1 Å². The predicted molar refractivity (Wildman–Crippen MR) is 63.7 cm³/mol. The molecule has 0 aromatic carbocycles. The van der Waals surface area contributed by atoms with Crippen molar-refractivity contribution in [2.24, 2.45) is 0 Å². The second-order valence-corrected chi connectivity index (χ2v) is 4.75. The van der Waals surface area contributed by atoms with E-state index in [1.54, 1.807) is 4.68 Å². The van der Waals surface area contributed by atoms with Gasteiger partial charge in [-0.3, -0.25) is 9.48 Å². The molecule has 1 N–H and O–H groups in total. The minimum Gasteiger partial charge on any atom is -0.468 e. The largest absolute Gasteiger partial charge is 0.468 e. The van der Waals surface area contributed by atoms with Crippen molar-refractivity contribution in [3.63, 3.8) is 0 Å². The fourth-order valence-electron chi connectivity index (χ4n) is 2.35. The number of carbonyl (C=O) groups is 1. The van der Waals surface area contributed by atoms with Crippen LogP contribution in [0, 0.1) is 0 Å². The van der Waals surface area contributed by atoms with Crippen LogP contribution in [0.1, 0.15) is 25.1 Å². The summed E-state index contributed by atoms with van der Waals surface area (Å²) in [6.45, 7) is 4.52. The summed E-state index contributed by atoms with van der Waals surface area (Å²) in [6, 6.07) is 0.870. The second kappa shape index (κ2) is 4.87. The van der Waals surface area contributed by atoms with Crippen LogP contribution in [0.15, 0.2) is 6.20 Å². The van der Waals surface area contributed by atoms with Gasteiger partial charge >= 0.3 is 5.97 Å². The third kappa shape index (κ3) is 2.85. The molecule has 0 amide bonds. The van der Waals surface area contributed by atoms with Crippen molar-refractivity contribution < 1.29 is 9.53 Å². The highest BCUT2D eigenvalue weighted by Gasteiger charge is 2.20. The molecule has 0 bridgehead atoms. The normalized spacial score (nSPS) is 23.9. The van der Waals surface area contributed by atoms with E-state index in [0.717, 1.165) is 18.5 Å². The lowest BCUT2D eigenvalue weighted by molar-refractivity contribution is -0.141. The van der Waals surface area contributed by atoms with Crippen LogP contribution in [-0.4, -0.2) is 34.9 Å². The fraction of sp³-hybridized carbons (Fsp3) is 0.667. The highest BCUT2D eigenvalue weighted by atomic mass is 16.5. The number of methoxy groups -OCH3 is 1. The summed E-state index contributed by atoms with van der Waals surface area (Å²) in [5, 5.41) is 7.96. The van der Waals surface area contributed by atoms with E-state index in [2.05, 4.69) is 29.0 Å². The van der Waals surface area contributed by atoms with Gasteiger partial charge in [-0.25, -0.2) is 0 Å². The molecule has 2 atom stereocenters. The Balaban J connectivity index is 2.17. The molecule has 1 aliphatic rings. The Morgan fingerprint density at radius 2 is 2.24 bits per heavy atom. The van der Waals surface area contributed by atoms with Crippen molar-refractivity contribution in [3.8, 4) is 0 Å². The number of aromatic nitrogens is 2. The van der Waals surface area contributed by atoms with Gasteiger partial charge in [0.2, 0.25) is 0 Å². The van der Waals surface area contributed by atoms with Gasteiger partial charge in [-0.05, 0) is 25.8 Å². The number of nitrogens with one attached hydrogen (secondary N) is 1. The molecule has 0 saturated carbocycles. The van der Waals surface area contributed by atoms with Crippen LogP contribution >= 0.6 is 0 Å². The molecule has 1 aromatic heterocycles. The first-order chi connectivity index (χ1) is 8.08. The third-order valence-corrected chi connectivity index (χ3v) is 3.04. The molecule has 0 spiro atoms. The average molecular weight is 237 g/mol. The Morgan fingerprint density at radius 1 is 1.53 bits per heavy atom. The molecule has 94 valence electrons. The third-order valence-electron chi connectivity index (χ3n) is 3.04. The van der Waals surface area contributed by atoms with Gasteiger partial charge in [-0.2, -0.15) is 5.10 Å². The summed E-state index contributed by atoms with van der Waals surface area (Å²) in [5.41, 5.74) is 2.33. The van der Waals surface area contributed by atoms with E-state index in [1.165, 1.54) is 12.7 Å². The summed E-state index contributed by atoms with van der Waals surface area (Å²) in [5.74, 6) is -0.262. The summed E-state index contributed by atoms with van der Waals surface area (Å²) in [6.07, 6.45) is 3.83. The van der Waals surface area contributed by atoms with Gasteiger partial charge in [-0.15, -0.1) is 0 Å². The van der Waals surface area contributed by atoms with Crippen molar-refractivity contribution in [2.45, 2.75) is 45.3 Å². The molecule has 0 saturated heterocycles. The molecule has 17 heavy (non-hydrogen) atoms. The van der Waals surface area contributed by atoms with Crippen LogP contribution in [-0.2, 0) is 28.9 Å². The fourth-order valence-corrected chi connectivity index (χ4v) is 2.35. The van der Waals surface area contributed by atoms with E-state index < -0.39 is 0 Å². The van der Waals surface area contributed by atoms with E-state index in [1.807, 2.05) is 6.20 Å². The van der Waals surface area contributed by atoms with Crippen LogP contribution in [0.2, 0.25) is 0 Å². The van der Waals surface area contributed by atoms with E-state index >= 15 is 0 Å². The van der Waals surface area contributed by atoms with Crippen LogP contribution in [0.4, 0.5) is 0 Å². The minimum atomic E-state index is -0.262. The Bertz CT molecular complexity index is 386. The Morgan fingerprint density at radius 3 is 2.94 bits per heavy atom. The van der Waals surface area contributed by atoms with E-state index in [9.17, 15) is 4.79 Å². The van der Waals surface area contributed by atoms with Crippen LogP contribution in [0.5, 0.6) is 0 Å². The zero-order valence-corrected chi connectivity index (χ0v) is 10.6. The van der Waals surface area contributed by atoms with Gasteiger partial charge in [0, 0.05) is 24.7 Å². The first-order valence-corrected chi connectivity index (χ1v) is 5.96. The number of nitrogens with zero attached hydrogens (tertiary/aromatic N) is 2. The van der Waals surface area contributed by atoms with Crippen LogP contribution in [0.25, 0.3) is 0 Å². The Labute approximate surface area is 101 Å². The molecule has 5 nitrogen and oxygen atoms in total. The molecular weight excluding hydrogens is 218 g/mol. The van der Waals surface area contributed by atoms with Gasteiger partial charge in [0.15, 0.2) is 0 Å². The average Bonchev–Trinajstić information content (AvgIpc) is 2.53. The summed E-state index contributed by atoms with van der Waals surface area (Å²) < 4.78 is 6.32. The first kappa shape index (κ1) is 12.1. The van der Waals surface area contributed by atoms with Crippen LogP contribution in [0.3, 0.4) is 0 Å². The molecule has 0 aliphatic carbocycles. The maximum absolute atomic E-state index is 11.2. The molecular formula is C12H19N3O2. The van der Waals surface area contributed by atoms with Gasteiger partial charge in [0.05, 0.1) is 12.8 Å². The SMILES string of the molecule is COC(=O)Cn1cc2c(n1)CC(C)NC(C)C2. The van der Waals surface area contributed by atoms with E-state index in [4.69, 9.17) is 0 Å². The lowest BCUT2D eigenvalue weighted by Gasteiger charge is -2.14. The number of rotatable bonds is 2. The molecule has 2 heterocycles. The Hall–Kier alpha value is -1.36. The number of carbonyl (C=O) groups excluding carboxylic acids is 1. The van der Waals surface area contributed by atoms with Gasteiger partial charge in [0.1, 0.15) is 6.54 Å². The number of hydrogen-bond acceptors (Lipinski definition) is 4. The molecule has 5 heteroatoms. The summed E-state index contributed by atoms with van der Waals surface area (Å²) >= 11 is 0. The molecule has 2 rings (SSSR count). The zero-order valence-electron chi connectivity index (χ0n) is 10.6. The van der Waals surface area contributed by atoms with Crippen LogP contribution < -0.4 is 5.32 Å². The number of fused-ring (bicyclic) bond motifs is 1. The lowest BCUT2D eigenvalue weighted by atomic mass is 10.1. The van der Waals surface area contributed by atoms with Crippen molar-refractivity contribution in [1.82, 2.24) is 15.1 Å². The van der Waals surface area contributed by atoms with Crippen molar-refractivity contribution in [3.05, 3.63) is 17.5 Å². The van der Waals surface area contributed by atoms with Crippen molar-refractivity contribution in [1.29, 1.82) is 0 Å². The Kier molecular flexibility index (Phi) is 3.47. The van der Waals surface area contributed by atoms with E-state index in [-0.39, 0.29) is 12.5 Å². The topological polar surface area (TPSA) is 56.2 Å². The van der Waals surface area contributed by atoms with Gasteiger partial charge in [0.25, 0.3) is 0 Å². The molecule has 1 aromatic rings. The highest BCUT2D eigenvalue weighted by molar-refractivity contribution is 5.68. The lowest BCUT2D eigenvalue weighted by Crippen LogP contribution is -2.34. The maximum Gasteiger partial charge on any atom is 0.327 e. The number of ether oxygens (including phenoxy) is 1. The van der Waals surface area contributed by atoms with Crippen molar-refractivity contribution >= 4 is 5.97 Å². The minimum absolute atomic E-state index is 0.194. The van der Waals surface area contributed by atoms with Crippen molar-refractivity contribution in [2.75, 3.05) is 7.11 Å². The standard InChI is InChI=1S/C12H19N3O2/c1-8-4-10-6-15(7-12(16)17-3)14-11(10)5-9(2)13-8/h6,8-9,13H,4-5,7H2,1-3H3. The smallest absolute Gasteiger partial charge is 0.327 e. The predicted octanol–water partition coefficient (Wildman–Crippen LogP) is 0.521. The molecule has 2 unspecified atom stereocenters. The number of esters is 1. The second-order valence-electron chi connectivity index (χ2n) is 4.75. The molecule has 0 fully saturated rings. The summed E-state index contributed by atoms with van der Waals surface area (Å²) in [7, 11) is 1.39. The number of hydrogen-bond donors (Lipinski definition) is 1. The van der Waals surface area contributed by atoms with Gasteiger partial charge in [-0.1, -0.05) is 0 Å². The van der Waals surface area contributed by atoms with Gasteiger partial charge < -0.3 is 10.1 Å². The maximum atomic E-state index is 11.2. The summed E-state index contributed by atoms with van der Waals surface area (Å²) in [4.78, 5) is 11.2. The quantitative estimate of drug-likeness (QED) is 0.762. The molecule has 1 aliphatic heterocycles. The first-order valence-electron chi connectivity index (χ1n) is 5.96. The molecule has 0 radical (unpaired) electrons. The zero-order chi connectivity index (χ0) is 12.4. The highest BCUT2D eigenvalue weighted by Crippen LogP contribution is 2.16.